The third kappa shape index (κ3) is 5.70. The van der Waals surface area contributed by atoms with Gasteiger partial charge in [-0.2, -0.15) is 0 Å². The molecule has 0 unspecified atom stereocenters. The minimum atomic E-state index is -0.370. The highest BCUT2D eigenvalue weighted by molar-refractivity contribution is 5.92. The molecule has 0 bridgehead atoms. The van der Waals surface area contributed by atoms with Gasteiger partial charge < -0.3 is 20.3 Å². The second-order valence-electron chi connectivity index (χ2n) is 7.11. The van der Waals surface area contributed by atoms with Crippen molar-refractivity contribution < 1.29 is 19.1 Å². The Labute approximate surface area is 159 Å². The first kappa shape index (κ1) is 19.2. The molecule has 1 aliphatic carbocycles. The molecule has 0 atom stereocenters. The van der Waals surface area contributed by atoms with Crippen molar-refractivity contribution in [2.24, 2.45) is 0 Å². The van der Waals surface area contributed by atoms with Gasteiger partial charge in [0.2, 0.25) is 5.91 Å². The van der Waals surface area contributed by atoms with Crippen LogP contribution in [0.2, 0.25) is 0 Å². The molecule has 0 radical (unpaired) electrons. The molecule has 7 nitrogen and oxygen atoms in total. The predicted octanol–water partition coefficient (Wildman–Crippen LogP) is 2.92. The van der Waals surface area contributed by atoms with Crippen molar-refractivity contribution in [3.05, 3.63) is 29.8 Å². The SMILES string of the molecule is O=C(NCCC(=O)N1CCCC1)Nc1ccc(C(=O)OC2CCCC2)cc1. The van der Waals surface area contributed by atoms with Gasteiger partial charge in [0.1, 0.15) is 6.10 Å². The maximum absolute atomic E-state index is 12.1. The van der Waals surface area contributed by atoms with E-state index in [1.54, 1.807) is 24.3 Å². The zero-order valence-corrected chi connectivity index (χ0v) is 15.5. The first-order valence-corrected chi connectivity index (χ1v) is 9.75. The van der Waals surface area contributed by atoms with Crippen LogP contribution < -0.4 is 10.6 Å². The van der Waals surface area contributed by atoms with Crippen molar-refractivity contribution >= 4 is 23.6 Å². The average Bonchev–Trinajstić information content (AvgIpc) is 3.36. The van der Waals surface area contributed by atoms with Crippen LogP contribution >= 0.6 is 0 Å². The van der Waals surface area contributed by atoms with Gasteiger partial charge >= 0.3 is 12.0 Å². The Hall–Kier alpha value is -2.57. The number of carbonyl (C=O) groups is 3. The fourth-order valence-electron chi connectivity index (χ4n) is 3.50. The number of amides is 3. The summed E-state index contributed by atoms with van der Waals surface area (Å²) in [5, 5.41) is 5.38. The molecule has 146 valence electrons. The molecular formula is C20H27N3O4. The average molecular weight is 373 g/mol. The lowest BCUT2D eigenvalue weighted by molar-refractivity contribution is -0.129. The Morgan fingerprint density at radius 2 is 1.67 bits per heavy atom. The van der Waals surface area contributed by atoms with Gasteiger partial charge in [0.25, 0.3) is 0 Å². The van der Waals surface area contributed by atoms with E-state index < -0.39 is 0 Å². The van der Waals surface area contributed by atoms with Crippen molar-refractivity contribution in [2.75, 3.05) is 25.0 Å². The molecule has 3 rings (SSSR count). The van der Waals surface area contributed by atoms with E-state index in [-0.39, 0.29) is 24.0 Å². The summed E-state index contributed by atoms with van der Waals surface area (Å²) in [6, 6.07) is 6.25. The van der Waals surface area contributed by atoms with Gasteiger partial charge in [0.05, 0.1) is 5.56 Å². The highest BCUT2D eigenvalue weighted by atomic mass is 16.5. The van der Waals surface area contributed by atoms with Crippen LogP contribution in [-0.2, 0) is 9.53 Å². The maximum atomic E-state index is 12.1. The lowest BCUT2D eigenvalue weighted by Gasteiger charge is -2.15. The van der Waals surface area contributed by atoms with E-state index >= 15 is 0 Å². The molecule has 1 aromatic carbocycles. The number of hydrogen-bond acceptors (Lipinski definition) is 4. The highest BCUT2D eigenvalue weighted by Gasteiger charge is 2.20. The van der Waals surface area contributed by atoms with E-state index in [4.69, 9.17) is 4.74 Å². The minimum absolute atomic E-state index is 0.0318. The normalized spacial score (nSPS) is 17.0. The monoisotopic (exact) mass is 373 g/mol. The number of likely N-dealkylation sites (tertiary alicyclic amines) is 1. The van der Waals surface area contributed by atoms with Gasteiger partial charge in [-0.15, -0.1) is 0 Å². The molecule has 1 heterocycles. The Balaban J connectivity index is 1.38. The zero-order valence-electron chi connectivity index (χ0n) is 15.5. The molecule has 0 aromatic heterocycles. The smallest absolute Gasteiger partial charge is 0.338 e. The molecule has 2 fully saturated rings. The quantitative estimate of drug-likeness (QED) is 0.751. The molecule has 0 spiro atoms. The van der Waals surface area contributed by atoms with Crippen LogP contribution in [0.3, 0.4) is 0 Å². The van der Waals surface area contributed by atoms with Crippen molar-refractivity contribution in [1.29, 1.82) is 0 Å². The fraction of sp³-hybridized carbons (Fsp3) is 0.550. The summed E-state index contributed by atoms with van der Waals surface area (Å²) in [5.74, 6) is -0.240. The third-order valence-electron chi connectivity index (χ3n) is 5.04. The molecule has 1 aromatic rings. The number of anilines is 1. The summed E-state index contributed by atoms with van der Waals surface area (Å²) in [4.78, 5) is 37.8. The van der Waals surface area contributed by atoms with Crippen molar-refractivity contribution in [2.45, 2.75) is 51.0 Å². The van der Waals surface area contributed by atoms with Gasteiger partial charge in [-0.05, 0) is 62.8 Å². The number of carbonyl (C=O) groups excluding carboxylic acids is 3. The Kier molecular flexibility index (Phi) is 6.68. The van der Waals surface area contributed by atoms with Crippen LogP contribution in [0, 0.1) is 0 Å². The van der Waals surface area contributed by atoms with Crippen molar-refractivity contribution in [3.63, 3.8) is 0 Å². The maximum Gasteiger partial charge on any atom is 0.338 e. The third-order valence-corrected chi connectivity index (χ3v) is 5.04. The number of benzene rings is 1. The number of hydrogen-bond donors (Lipinski definition) is 2. The predicted molar refractivity (Wildman–Crippen MR) is 102 cm³/mol. The lowest BCUT2D eigenvalue weighted by atomic mass is 10.2. The summed E-state index contributed by atoms with van der Waals surface area (Å²) in [6.07, 6.45) is 6.55. The van der Waals surface area contributed by atoms with E-state index in [9.17, 15) is 14.4 Å². The number of nitrogens with one attached hydrogen (secondary N) is 2. The first-order valence-electron chi connectivity index (χ1n) is 9.75. The van der Waals surface area contributed by atoms with E-state index in [2.05, 4.69) is 10.6 Å². The molecule has 2 N–H and O–H groups in total. The van der Waals surface area contributed by atoms with Crippen LogP contribution in [0.25, 0.3) is 0 Å². The van der Waals surface area contributed by atoms with Crippen LogP contribution in [0.1, 0.15) is 55.3 Å². The first-order chi connectivity index (χ1) is 13.1. The molecule has 27 heavy (non-hydrogen) atoms. The van der Waals surface area contributed by atoms with Crippen molar-refractivity contribution in [3.8, 4) is 0 Å². The molecule has 1 aliphatic heterocycles. The Bertz CT molecular complexity index is 662. The second-order valence-corrected chi connectivity index (χ2v) is 7.11. The number of ether oxygens (including phenoxy) is 1. The topological polar surface area (TPSA) is 87.7 Å². The zero-order chi connectivity index (χ0) is 19.1. The van der Waals surface area contributed by atoms with E-state index in [1.165, 1.54) is 0 Å². The van der Waals surface area contributed by atoms with Crippen LogP contribution in [0.15, 0.2) is 24.3 Å². The number of nitrogens with zero attached hydrogens (tertiary/aromatic N) is 1. The molecule has 1 saturated heterocycles. The Morgan fingerprint density at radius 3 is 2.33 bits per heavy atom. The standard InChI is InChI=1S/C20H27N3O4/c24-18(23-13-3-4-14-23)11-12-21-20(26)22-16-9-7-15(8-10-16)19(25)27-17-5-1-2-6-17/h7-10,17H,1-6,11-14H2,(H2,21,22,26). The Morgan fingerprint density at radius 1 is 1.00 bits per heavy atom. The minimum Gasteiger partial charge on any atom is -0.459 e. The molecular weight excluding hydrogens is 346 g/mol. The van der Waals surface area contributed by atoms with E-state index in [0.717, 1.165) is 51.6 Å². The van der Waals surface area contributed by atoms with Crippen LogP contribution in [0.5, 0.6) is 0 Å². The molecule has 1 saturated carbocycles. The van der Waals surface area contributed by atoms with E-state index in [1.807, 2.05) is 4.90 Å². The fourth-order valence-corrected chi connectivity index (χ4v) is 3.50. The number of esters is 1. The van der Waals surface area contributed by atoms with Crippen molar-refractivity contribution in [1.82, 2.24) is 10.2 Å². The summed E-state index contributed by atoms with van der Waals surface area (Å²) in [5.41, 5.74) is 1.06. The van der Waals surface area contributed by atoms with Crippen LogP contribution in [-0.4, -0.2) is 48.5 Å². The van der Waals surface area contributed by atoms with Gasteiger partial charge in [-0.3, -0.25) is 4.79 Å². The highest BCUT2D eigenvalue weighted by Crippen LogP contribution is 2.22. The van der Waals surface area contributed by atoms with Gasteiger partial charge in [0, 0.05) is 31.7 Å². The van der Waals surface area contributed by atoms with Gasteiger partial charge in [0.15, 0.2) is 0 Å². The van der Waals surface area contributed by atoms with Gasteiger partial charge in [-0.25, -0.2) is 9.59 Å². The second kappa shape index (κ2) is 9.39. The molecule has 2 aliphatic rings. The summed E-state index contributed by atoms with van der Waals surface area (Å²) < 4.78 is 5.46. The molecule has 7 heteroatoms. The largest absolute Gasteiger partial charge is 0.459 e. The summed E-state index contributed by atoms with van der Waals surface area (Å²) in [7, 11) is 0. The van der Waals surface area contributed by atoms with Gasteiger partial charge in [-0.1, -0.05) is 0 Å². The number of rotatable bonds is 6. The lowest BCUT2D eigenvalue weighted by Crippen LogP contribution is -2.34. The summed E-state index contributed by atoms with van der Waals surface area (Å²) in [6.45, 7) is 1.94. The van der Waals surface area contributed by atoms with Crippen LogP contribution in [0.4, 0.5) is 10.5 Å². The van der Waals surface area contributed by atoms with E-state index in [0.29, 0.717) is 24.2 Å². The number of urea groups is 1. The molecule has 3 amide bonds. The summed E-state index contributed by atoms with van der Waals surface area (Å²) >= 11 is 0.